The fraction of sp³-hybridized carbons (Fsp3) is 1.00. The summed E-state index contributed by atoms with van der Waals surface area (Å²) < 4.78 is 22.8. The van der Waals surface area contributed by atoms with Gasteiger partial charge in [0.15, 0.2) is 9.84 Å². The van der Waals surface area contributed by atoms with Gasteiger partial charge >= 0.3 is 0 Å². The Labute approximate surface area is 80.0 Å². The van der Waals surface area contributed by atoms with Gasteiger partial charge in [0.1, 0.15) is 0 Å². The van der Waals surface area contributed by atoms with Crippen molar-refractivity contribution in [2.75, 3.05) is 24.6 Å². The molecule has 0 aromatic rings. The van der Waals surface area contributed by atoms with Crippen molar-refractivity contribution in [1.29, 1.82) is 0 Å². The number of hydrogen-bond donors (Lipinski definition) is 0. The molecule has 1 unspecified atom stereocenters. The van der Waals surface area contributed by atoms with E-state index in [-0.39, 0.29) is 0 Å². The van der Waals surface area contributed by atoms with E-state index in [0.29, 0.717) is 17.5 Å². The van der Waals surface area contributed by atoms with Crippen molar-refractivity contribution in [2.24, 2.45) is 0 Å². The summed E-state index contributed by atoms with van der Waals surface area (Å²) in [6.45, 7) is 2.22. The first-order valence-electron chi connectivity index (χ1n) is 5.12. The maximum absolute atomic E-state index is 11.4. The van der Waals surface area contributed by atoms with Gasteiger partial charge in [0.25, 0.3) is 0 Å². The minimum atomic E-state index is -2.71. The summed E-state index contributed by atoms with van der Waals surface area (Å²) in [7, 11) is -2.71. The van der Waals surface area contributed by atoms with Crippen LogP contribution >= 0.6 is 0 Å². The Balaban J connectivity index is 1.99. The van der Waals surface area contributed by atoms with E-state index in [1.54, 1.807) is 0 Å². The fourth-order valence-corrected chi connectivity index (χ4v) is 4.13. The van der Waals surface area contributed by atoms with E-state index in [9.17, 15) is 8.42 Å². The summed E-state index contributed by atoms with van der Waals surface area (Å²) in [6.07, 6.45) is 4.44. The topological polar surface area (TPSA) is 37.4 Å². The molecule has 0 aromatic heterocycles. The first-order chi connectivity index (χ1) is 6.17. The highest BCUT2D eigenvalue weighted by molar-refractivity contribution is 7.91. The van der Waals surface area contributed by atoms with Gasteiger partial charge in [-0.1, -0.05) is 0 Å². The average molecular weight is 203 g/mol. The van der Waals surface area contributed by atoms with Gasteiger partial charge in [-0.3, -0.25) is 4.90 Å². The fourth-order valence-electron chi connectivity index (χ4n) is 2.39. The zero-order valence-electron chi connectivity index (χ0n) is 7.91. The normalized spacial score (nSPS) is 34.9. The van der Waals surface area contributed by atoms with Gasteiger partial charge in [0.2, 0.25) is 0 Å². The monoisotopic (exact) mass is 203 g/mol. The Morgan fingerprint density at radius 2 is 1.77 bits per heavy atom. The van der Waals surface area contributed by atoms with Crippen LogP contribution in [0.25, 0.3) is 0 Å². The maximum atomic E-state index is 11.4. The summed E-state index contributed by atoms with van der Waals surface area (Å²) in [5.74, 6) is 0.824. The van der Waals surface area contributed by atoms with Crippen LogP contribution in [0.3, 0.4) is 0 Å². The molecule has 2 fully saturated rings. The predicted molar refractivity (Wildman–Crippen MR) is 52.5 cm³/mol. The molecular weight excluding hydrogens is 186 g/mol. The van der Waals surface area contributed by atoms with Crippen molar-refractivity contribution in [3.8, 4) is 0 Å². The quantitative estimate of drug-likeness (QED) is 0.628. The number of sulfone groups is 1. The van der Waals surface area contributed by atoms with Crippen molar-refractivity contribution < 1.29 is 8.42 Å². The molecule has 4 heteroatoms. The molecule has 2 rings (SSSR count). The minimum Gasteiger partial charge on any atom is -0.299 e. The Kier molecular flexibility index (Phi) is 2.60. The van der Waals surface area contributed by atoms with Crippen LogP contribution in [0.2, 0.25) is 0 Å². The highest BCUT2D eigenvalue weighted by Gasteiger charge is 2.30. The second kappa shape index (κ2) is 3.58. The van der Waals surface area contributed by atoms with Crippen LogP contribution in [0.15, 0.2) is 0 Å². The lowest BCUT2D eigenvalue weighted by Gasteiger charge is -2.30. The lowest BCUT2D eigenvalue weighted by atomic mass is 10.1. The summed E-state index contributed by atoms with van der Waals surface area (Å²) in [5.41, 5.74) is 0. The second-order valence-electron chi connectivity index (χ2n) is 4.15. The van der Waals surface area contributed by atoms with Gasteiger partial charge in [-0.2, -0.15) is 0 Å². The van der Waals surface area contributed by atoms with E-state index >= 15 is 0 Å². The number of rotatable bonds is 1. The molecule has 3 nitrogen and oxygen atoms in total. The van der Waals surface area contributed by atoms with Crippen LogP contribution in [0.5, 0.6) is 0 Å². The molecule has 2 heterocycles. The zero-order chi connectivity index (χ0) is 9.31. The van der Waals surface area contributed by atoms with Crippen molar-refractivity contribution in [3.05, 3.63) is 0 Å². The highest BCUT2D eigenvalue weighted by Crippen LogP contribution is 2.21. The van der Waals surface area contributed by atoms with Crippen LogP contribution in [0.4, 0.5) is 0 Å². The SMILES string of the molecule is O=S1(=O)CCCC(N2CCCC2)C1. The third-order valence-corrected chi connectivity index (χ3v) is 4.90. The van der Waals surface area contributed by atoms with Crippen LogP contribution in [-0.2, 0) is 9.84 Å². The van der Waals surface area contributed by atoms with E-state index in [4.69, 9.17) is 0 Å². The number of hydrogen-bond acceptors (Lipinski definition) is 3. The maximum Gasteiger partial charge on any atom is 0.151 e. The molecule has 0 radical (unpaired) electrons. The number of nitrogens with zero attached hydrogens (tertiary/aromatic N) is 1. The van der Waals surface area contributed by atoms with E-state index in [1.165, 1.54) is 12.8 Å². The molecule has 2 aliphatic heterocycles. The Morgan fingerprint density at radius 1 is 1.08 bits per heavy atom. The summed E-state index contributed by atoms with van der Waals surface area (Å²) >= 11 is 0. The lowest BCUT2D eigenvalue weighted by molar-refractivity contribution is 0.243. The van der Waals surface area contributed by atoms with Crippen molar-refractivity contribution in [3.63, 3.8) is 0 Å². The van der Waals surface area contributed by atoms with Crippen molar-refractivity contribution in [1.82, 2.24) is 4.90 Å². The van der Waals surface area contributed by atoms with Crippen molar-refractivity contribution >= 4 is 9.84 Å². The molecule has 1 atom stereocenters. The van der Waals surface area contributed by atoms with E-state index in [2.05, 4.69) is 4.90 Å². The lowest BCUT2D eigenvalue weighted by Crippen LogP contribution is -2.41. The summed E-state index contributed by atoms with van der Waals surface area (Å²) in [5, 5.41) is 0. The van der Waals surface area contributed by atoms with Gasteiger partial charge < -0.3 is 0 Å². The van der Waals surface area contributed by atoms with Crippen LogP contribution in [-0.4, -0.2) is 44.0 Å². The third kappa shape index (κ3) is 2.23. The molecule has 2 saturated heterocycles. The van der Waals surface area contributed by atoms with Crippen LogP contribution < -0.4 is 0 Å². The molecule has 0 amide bonds. The summed E-state index contributed by atoms with van der Waals surface area (Å²) in [4.78, 5) is 2.36. The third-order valence-electron chi connectivity index (χ3n) is 3.10. The Morgan fingerprint density at radius 3 is 2.38 bits per heavy atom. The molecular formula is C9H17NO2S. The van der Waals surface area contributed by atoms with Gasteiger partial charge in [-0.05, 0) is 38.8 Å². The second-order valence-corrected chi connectivity index (χ2v) is 6.38. The standard InChI is InChI=1S/C9H17NO2S/c11-13(12)7-3-4-9(8-13)10-5-1-2-6-10/h9H,1-8H2. The van der Waals surface area contributed by atoms with E-state index < -0.39 is 9.84 Å². The zero-order valence-corrected chi connectivity index (χ0v) is 8.72. The molecule has 0 saturated carbocycles. The molecule has 0 aromatic carbocycles. The van der Waals surface area contributed by atoms with Gasteiger partial charge in [-0.15, -0.1) is 0 Å². The van der Waals surface area contributed by atoms with Gasteiger partial charge in [0, 0.05) is 6.04 Å². The molecule has 13 heavy (non-hydrogen) atoms. The highest BCUT2D eigenvalue weighted by atomic mass is 32.2. The Bertz CT molecular complexity index is 267. The summed E-state index contributed by atoms with van der Waals surface area (Å²) in [6, 6.07) is 0.334. The molecule has 0 bridgehead atoms. The van der Waals surface area contributed by atoms with Gasteiger partial charge in [0.05, 0.1) is 11.5 Å². The first-order valence-corrected chi connectivity index (χ1v) is 6.94. The minimum absolute atomic E-state index is 0.334. The van der Waals surface area contributed by atoms with Crippen LogP contribution in [0.1, 0.15) is 25.7 Å². The molecule has 0 spiro atoms. The van der Waals surface area contributed by atoms with E-state index in [1.807, 2.05) is 0 Å². The largest absolute Gasteiger partial charge is 0.299 e. The first kappa shape index (κ1) is 9.46. The molecule has 0 N–H and O–H groups in total. The van der Waals surface area contributed by atoms with Gasteiger partial charge in [-0.25, -0.2) is 8.42 Å². The number of likely N-dealkylation sites (tertiary alicyclic amines) is 1. The van der Waals surface area contributed by atoms with Crippen LogP contribution in [0, 0.1) is 0 Å². The smallest absolute Gasteiger partial charge is 0.151 e. The average Bonchev–Trinajstić information content (AvgIpc) is 2.53. The molecule has 2 aliphatic rings. The predicted octanol–water partition coefficient (Wildman–Crippen LogP) is 0.659. The van der Waals surface area contributed by atoms with Crippen molar-refractivity contribution in [2.45, 2.75) is 31.7 Å². The molecule has 0 aliphatic carbocycles. The van der Waals surface area contributed by atoms with E-state index in [0.717, 1.165) is 25.9 Å². The Hall–Kier alpha value is -0.0900. The molecule has 76 valence electrons.